The minimum Gasteiger partial charge on any atom is -0.494 e. The molecule has 0 atom stereocenters. The van der Waals surface area contributed by atoms with Crippen LogP contribution in [0, 0.1) is 0 Å². The number of anilines is 2. The highest BCUT2D eigenvalue weighted by Gasteiger charge is 2.17. The van der Waals surface area contributed by atoms with Crippen LogP contribution in [0.3, 0.4) is 0 Å². The van der Waals surface area contributed by atoms with E-state index < -0.39 is 10.0 Å². The number of ether oxygens (including phenoxy) is 3. The number of amides is 1. The van der Waals surface area contributed by atoms with E-state index in [1.807, 2.05) is 31.2 Å². The van der Waals surface area contributed by atoms with Gasteiger partial charge in [0, 0.05) is 17.8 Å². The van der Waals surface area contributed by atoms with Crippen molar-refractivity contribution >= 4 is 33.5 Å². The molecule has 3 aromatic rings. The maximum absolute atomic E-state index is 12.7. The Bertz CT molecular complexity index is 1240. The average molecular weight is 485 g/mol. The number of benzene rings is 2. The molecule has 0 aliphatic carbocycles. The molecule has 0 aliphatic rings. The van der Waals surface area contributed by atoms with E-state index in [2.05, 4.69) is 20.0 Å². The molecular formula is C23H24N4O6S. The predicted octanol–water partition coefficient (Wildman–Crippen LogP) is 3.35. The Kier molecular flexibility index (Phi) is 8.04. The molecule has 0 spiro atoms. The molecule has 0 unspecified atom stereocenters. The van der Waals surface area contributed by atoms with E-state index in [1.165, 1.54) is 50.6 Å². The summed E-state index contributed by atoms with van der Waals surface area (Å²) in [5.41, 5.74) is 1.27. The van der Waals surface area contributed by atoms with Gasteiger partial charge in [-0.05, 0) is 55.0 Å². The van der Waals surface area contributed by atoms with Gasteiger partial charge in [0.2, 0.25) is 11.8 Å². The first-order valence-corrected chi connectivity index (χ1v) is 11.6. The number of hydrogen-bond donors (Lipinski definition) is 2. The van der Waals surface area contributed by atoms with E-state index in [0.717, 1.165) is 11.3 Å². The Balaban J connectivity index is 1.64. The lowest BCUT2D eigenvalue weighted by Gasteiger charge is -2.10. The molecule has 178 valence electrons. The molecule has 1 amide bonds. The molecule has 0 aliphatic heterocycles. The zero-order chi connectivity index (χ0) is 24.6. The number of rotatable bonds is 10. The highest BCUT2D eigenvalue weighted by atomic mass is 32.2. The monoisotopic (exact) mass is 484 g/mol. The van der Waals surface area contributed by atoms with Crippen LogP contribution in [-0.2, 0) is 14.8 Å². The second-order valence-corrected chi connectivity index (χ2v) is 8.42. The van der Waals surface area contributed by atoms with E-state index >= 15 is 0 Å². The van der Waals surface area contributed by atoms with Gasteiger partial charge in [-0.2, -0.15) is 9.97 Å². The molecule has 0 saturated carbocycles. The minimum atomic E-state index is -3.95. The van der Waals surface area contributed by atoms with Gasteiger partial charge >= 0.3 is 6.01 Å². The Labute approximate surface area is 197 Å². The van der Waals surface area contributed by atoms with Gasteiger partial charge < -0.3 is 19.5 Å². The summed E-state index contributed by atoms with van der Waals surface area (Å²) in [7, 11) is -1.21. The number of sulfonamides is 1. The first kappa shape index (κ1) is 24.5. The molecule has 11 heteroatoms. The van der Waals surface area contributed by atoms with Gasteiger partial charge in [0.1, 0.15) is 5.75 Å². The van der Waals surface area contributed by atoms with Crippen LogP contribution in [0.4, 0.5) is 11.5 Å². The van der Waals surface area contributed by atoms with E-state index in [9.17, 15) is 13.2 Å². The van der Waals surface area contributed by atoms with Crippen LogP contribution in [0.15, 0.2) is 65.6 Å². The molecule has 3 rings (SSSR count). The molecule has 0 saturated heterocycles. The van der Waals surface area contributed by atoms with E-state index in [4.69, 9.17) is 14.2 Å². The number of methoxy groups -OCH3 is 2. The lowest BCUT2D eigenvalue weighted by molar-refractivity contribution is -0.111. The summed E-state index contributed by atoms with van der Waals surface area (Å²) in [5.74, 6) is 0.524. The SMILES string of the molecule is CCOc1ccc(/C=C/C(=O)Nc2ccc(S(=O)(=O)Nc3cc(OC)nc(OC)n3)cc2)cc1. The Morgan fingerprint density at radius 1 is 1.00 bits per heavy atom. The topological polar surface area (TPSA) is 129 Å². The quantitative estimate of drug-likeness (QED) is 0.419. The molecule has 2 aromatic carbocycles. The Hall–Kier alpha value is -4.12. The maximum atomic E-state index is 12.7. The number of nitrogens with one attached hydrogen (secondary N) is 2. The first-order valence-electron chi connectivity index (χ1n) is 10.1. The molecule has 34 heavy (non-hydrogen) atoms. The Morgan fingerprint density at radius 3 is 2.32 bits per heavy atom. The predicted molar refractivity (Wildman–Crippen MR) is 128 cm³/mol. The molecule has 1 heterocycles. The van der Waals surface area contributed by atoms with Gasteiger partial charge in [0.15, 0.2) is 5.82 Å². The van der Waals surface area contributed by atoms with Crippen LogP contribution >= 0.6 is 0 Å². The smallest absolute Gasteiger partial charge is 0.321 e. The number of nitrogens with zero attached hydrogens (tertiary/aromatic N) is 2. The first-order chi connectivity index (χ1) is 16.3. The van der Waals surface area contributed by atoms with Crippen LogP contribution in [0.25, 0.3) is 6.08 Å². The van der Waals surface area contributed by atoms with Crippen molar-refractivity contribution in [3.8, 4) is 17.6 Å². The summed E-state index contributed by atoms with van der Waals surface area (Å²) in [4.78, 5) is 20.1. The van der Waals surface area contributed by atoms with Crippen LogP contribution in [0.2, 0.25) is 0 Å². The molecular weight excluding hydrogens is 460 g/mol. The summed E-state index contributed by atoms with van der Waals surface area (Å²) >= 11 is 0. The fourth-order valence-corrected chi connectivity index (χ4v) is 3.76. The van der Waals surface area contributed by atoms with E-state index in [-0.39, 0.29) is 28.5 Å². The third-order valence-corrected chi connectivity index (χ3v) is 5.73. The third kappa shape index (κ3) is 6.69. The fourth-order valence-electron chi connectivity index (χ4n) is 2.76. The second kappa shape index (κ2) is 11.1. The number of carbonyl (C=O) groups excluding carboxylic acids is 1. The van der Waals surface area contributed by atoms with Gasteiger partial charge in [-0.25, -0.2) is 8.42 Å². The maximum Gasteiger partial charge on any atom is 0.321 e. The van der Waals surface area contributed by atoms with Crippen LogP contribution in [0.5, 0.6) is 17.6 Å². The number of aromatic nitrogens is 2. The molecule has 10 nitrogen and oxygen atoms in total. The molecule has 2 N–H and O–H groups in total. The number of hydrogen-bond acceptors (Lipinski definition) is 8. The largest absolute Gasteiger partial charge is 0.494 e. The van der Waals surface area contributed by atoms with Crippen molar-refractivity contribution in [3.63, 3.8) is 0 Å². The van der Waals surface area contributed by atoms with Gasteiger partial charge in [-0.3, -0.25) is 9.52 Å². The lowest BCUT2D eigenvalue weighted by atomic mass is 10.2. The van der Waals surface area contributed by atoms with Crippen molar-refractivity contribution in [1.82, 2.24) is 9.97 Å². The summed E-state index contributed by atoms with van der Waals surface area (Å²) < 4.78 is 43.1. The normalized spacial score (nSPS) is 11.1. The van der Waals surface area contributed by atoms with E-state index in [1.54, 1.807) is 6.08 Å². The van der Waals surface area contributed by atoms with Crippen molar-refractivity contribution < 1.29 is 27.4 Å². The zero-order valence-electron chi connectivity index (χ0n) is 18.8. The summed E-state index contributed by atoms with van der Waals surface area (Å²) in [6.45, 7) is 2.49. The highest BCUT2D eigenvalue weighted by Crippen LogP contribution is 2.21. The lowest BCUT2D eigenvalue weighted by Crippen LogP contribution is -2.15. The summed E-state index contributed by atoms with van der Waals surface area (Å²) in [6, 6.07) is 14.3. The zero-order valence-corrected chi connectivity index (χ0v) is 19.6. The number of carbonyl (C=O) groups is 1. The van der Waals surface area contributed by atoms with Crippen molar-refractivity contribution in [2.24, 2.45) is 0 Å². The minimum absolute atomic E-state index is 0.0134. The second-order valence-electron chi connectivity index (χ2n) is 6.74. The molecule has 1 aromatic heterocycles. The summed E-state index contributed by atoms with van der Waals surface area (Å²) in [6.07, 6.45) is 3.05. The van der Waals surface area contributed by atoms with Gasteiger partial charge in [-0.15, -0.1) is 0 Å². The molecule has 0 radical (unpaired) electrons. The van der Waals surface area contributed by atoms with Crippen molar-refractivity contribution in [3.05, 3.63) is 66.2 Å². The standard InChI is InChI=1S/C23H24N4O6S/c1-4-33-18-10-5-16(6-11-18)7-14-21(28)24-17-8-12-19(13-9-17)34(29,30)27-20-15-22(31-2)26-23(25-20)32-3/h5-15H,4H2,1-3H3,(H,24,28)(H,25,26,27)/b14-7+. The third-order valence-electron chi connectivity index (χ3n) is 4.36. The van der Waals surface area contributed by atoms with Gasteiger partial charge in [-0.1, -0.05) is 12.1 Å². The van der Waals surface area contributed by atoms with Gasteiger partial charge in [0.25, 0.3) is 10.0 Å². The molecule has 0 fully saturated rings. The van der Waals surface area contributed by atoms with Crippen molar-refractivity contribution in [2.75, 3.05) is 30.9 Å². The van der Waals surface area contributed by atoms with E-state index in [0.29, 0.717) is 12.3 Å². The molecule has 0 bridgehead atoms. The highest BCUT2D eigenvalue weighted by molar-refractivity contribution is 7.92. The van der Waals surface area contributed by atoms with Crippen LogP contribution < -0.4 is 24.2 Å². The summed E-state index contributed by atoms with van der Waals surface area (Å²) in [5, 5.41) is 2.68. The Morgan fingerprint density at radius 2 is 1.71 bits per heavy atom. The van der Waals surface area contributed by atoms with Gasteiger partial charge in [0.05, 0.1) is 25.7 Å². The van der Waals surface area contributed by atoms with Crippen molar-refractivity contribution in [1.29, 1.82) is 0 Å². The fraction of sp³-hybridized carbons (Fsp3) is 0.174. The van der Waals surface area contributed by atoms with Crippen molar-refractivity contribution in [2.45, 2.75) is 11.8 Å². The van der Waals surface area contributed by atoms with Crippen LogP contribution in [0.1, 0.15) is 12.5 Å². The van der Waals surface area contributed by atoms with Crippen LogP contribution in [-0.4, -0.2) is 45.1 Å². The average Bonchev–Trinajstić information content (AvgIpc) is 2.83.